The minimum Gasteiger partial charge on any atom is -0.370 e. The van der Waals surface area contributed by atoms with Gasteiger partial charge in [-0.05, 0) is 30.7 Å². The van der Waals surface area contributed by atoms with E-state index < -0.39 is 0 Å². The Morgan fingerprint density at radius 2 is 2.19 bits per heavy atom. The lowest BCUT2D eigenvalue weighted by Gasteiger charge is -2.08. The molecule has 88 valence electrons. The Labute approximate surface area is 96.9 Å². The summed E-state index contributed by atoms with van der Waals surface area (Å²) in [4.78, 5) is 8.51. The van der Waals surface area contributed by atoms with Crippen LogP contribution in [0.15, 0.2) is 12.3 Å². The fourth-order valence-electron chi connectivity index (χ4n) is 1.85. The largest absolute Gasteiger partial charge is 0.370 e. The number of hydrogen-bond acceptors (Lipinski definition) is 4. The highest BCUT2D eigenvalue weighted by molar-refractivity contribution is 5.39. The Morgan fingerprint density at radius 1 is 1.44 bits per heavy atom. The number of nitrogens with one attached hydrogen (secondary N) is 2. The molecule has 2 N–H and O–H groups in total. The van der Waals surface area contributed by atoms with Gasteiger partial charge in [0.25, 0.3) is 0 Å². The number of nitrogens with zero attached hydrogens (tertiary/aromatic N) is 2. The molecule has 1 aliphatic rings. The first-order valence-corrected chi connectivity index (χ1v) is 5.92. The Kier molecular flexibility index (Phi) is 2.99. The van der Waals surface area contributed by atoms with Gasteiger partial charge in [-0.3, -0.25) is 0 Å². The van der Waals surface area contributed by atoms with Gasteiger partial charge >= 0.3 is 0 Å². The van der Waals surface area contributed by atoms with Crippen molar-refractivity contribution in [1.82, 2.24) is 9.97 Å². The van der Waals surface area contributed by atoms with Gasteiger partial charge in [0, 0.05) is 19.3 Å². The summed E-state index contributed by atoms with van der Waals surface area (Å²) in [6.07, 6.45) is 3.09. The maximum atomic E-state index is 4.38. The van der Waals surface area contributed by atoms with E-state index in [1.54, 1.807) is 6.20 Å². The van der Waals surface area contributed by atoms with Crippen molar-refractivity contribution < 1.29 is 0 Å². The second-order valence-corrected chi connectivity index (χ2v) is 5.07. The number of rotatable bonds is 5. The number of anilines is 2. The van der Waals surface area contributed by atoms with Crippen molar-refractivity contribution in [2.24, 2.45) is 11.3 Å². The molecule has 0 amide bonds. The van der Waals surface area contributed by atoms with Crippen LogP contribution in [0.2, 0.25) is 0 Å². The summed E-state index contributed by atoms with van der Waals surface area (Å²) in [5.41, 5.74) is 0.518. The topological polar surface area (TPSA) is 49.8 Å². The molecule has 1 fully saturated rings. The Morgan fingerprint density at radius 3 is 2.81 bits per heavy atom. The molecular formula is C12H20N4. The summed E-state index contributed by atoms with van der Waals surface area (Å²) in [5, 5.41) is 6.48. The molecule has 0 bridgehead atoms. The van der Waals surface area contributed by atoms with Crippen molar-refractivity contribution in [1.29, 1.82) is 0 Å². The highest BCUT2D eigenvalue weighted by Crippen LogP contribution is 2.51. The van der Waals surface area contributed by atoms with Gasteiger partial charge in [-0.25, -0.2) is 4.98 Å². The monoisotopic (exact) mass is 220 g/mol. The zero-order valence-corrected chi connectivity index (χ0v) is 10.2. The summed E-state index contributed by atoms with van der Waals surface area (Å²) in [6.45, 7) is 8.51. The minimum absolute atomic E-state index is 0.518. The van der Waals surface area contributed by atoms with E-state index >= 15 is 0 Å². The van der Waals surface area contributed by atoms with Crippen LogP contribution >= 0.6 is 0 Å². The fourth-order valence-corrected chi connectivity index (χ4v) is 1.85. The van der Waals surface area contributed by atoms with Crippen molar-refractivity contribution in [3.05, 3.63) is 12.3 Å². The number of hydrogen-bond donors (Lipinski definition) is 2. The van der Waals surface area contributed by atoms with Crippen LogP contribution in [0.5, 0.6) is 0 Å². The first-order chi connectivity index (χ1) is 7.62. The van der Waals surface area contributed by atoms with Crippen LogP contribution in [0.4, 0.5) is 11.8 Å². The van der Waals surface area contributed by atoms with Gasteiger partial charge in [0.2, 0.25) is 5.95 Å². The zero-order valence-electron chi connectivity index (χ0n) is 10.2. The molecule has 0 saturated heterocycles. The predicted octanol–water partition coefficient (Wildman–Crippen LogP) is 2.37. The fraction of sp³-hybridized carbons (Fsp3) is 0.667. The van der Waals surface area contributed by atoms with Crippen LogP contribution in [0.25, 0.3) is 0 Å². The van der Waals surface area contributed by atoms with Gasteiger partial charge in [0.15, 0.2) is 0 Å². The molecule has 2 rings (SSSR count). The first kappa shape index (κ1) is 11.2. The van der Waals surface area contributed by atoms with Gasteiger partial charge in [-0.2, -0.15) is 4.98 Å². The maximum Gasteiger partial charge on any atom is 0.224 e. The van der Waals surface area contributed by atoms with E-state index in [0.717, 1.165) is 24.8 Å². The predicted molar refractivity (Wildman–Crippen MR) is 66.6 cm³/mol. The smallest absolute Gasteiger partial charge is 0.224 e. The summed E-state index contributed by atoms with van der Waals surface area (Å²) in [5.74, 6) is 2.39. The molecule has 4 nitrogen and oxygen atoms in total. The van der Waals surface area contributed by atoms with Crippen molar-refractivity contribution in [3.8, 4) is 0 Å². The van der Waals surface area contributed by atoms with Crippen LogP contribution in [0.3, 0.4) is 0 Å². The second kappa shape index (κ2) is 4.28. The molecule has 1 aromatic heterocycles. The second-order valence-electron chi connectivity index (χ2n) is 5.07. The quantitative estimate of drug-likeness (QED) is 0.800. The van der Waals surface area contributed by atoms with E-state index in [9.17, 15) is 0 Å². The first-order valence-electron chi connectivity index (χ1n) is 5.92. The van der Waals surface area contributed by atoms with E-state index in [-0.39, 0.29) is 0 Å². The molecular weight excluding hydrogens is 200 g/mol. The molecule has 1 heterocycles. The SMILES string of the molecule is CCNc1nccc(NCC2CC2(C)C)n1. The Bertz CT molecular complexity index is 362. The van der Waals surface area contributed by atoms with E-state index in [0.29, 0.717) is 11.4 Å². The summed E-state index contributed by atoms with van der Waals surface area (Å²) < 4.78 is 0. The lowest BCUT2D eigenvalue weighted by atomic mass is 10.1. The molecule has 1 aliphatic carbocycles. The van der Waals surface area contributed by atoms with Gasteiger partial charge in [0.1, 0.15) is 5.82 Å². The standard InChI is InChI=1S/C12H20N4/c1-4-13-11-14-6-5-10(16-11)15-8-9-7-12(9,2)3/h5-6,9H,4,7-8H2,1-3H3,(H2,13,14,15,16). The van der Waals surface area contributed by atoms with Crippen molar-refractivity contribution in [2.45, 2.75) is 27.2 Å². The molecule has 16 heavy (non-hydrogen) atoms. The van der Waals surface area contributed by atoms with Gasteiger partial charge in [0.05, 0.1) is 0 Å². The molecule has 1 atom stereocenters. The summed E-state index contributed by atoms with van der Waals surface area (Å²) in [7, 11) is 0. The van der Waals surface area contributed by atoms with Crippen molar-refractivity contribution in [3.63, 3.8) is 0 Å². The lowest BCUT2D eigenvalue weighted by Crippen LogP contribution is -2.10. The van der Waals surface area contributed by atoms with E-state index in [1.807, 2.05) is 13.0 Å². The molecule has 0 aromatic carbocycles. The third-order valence-electron chi connectivity index (χ3n) is 3.24. The molecule has 0 aliphatic heterocycles. The summed E-state index contributed by atoms with van der Waals surface area (Å²) in [6, 6.07) is 1.91. The van der Waals surface area contributed by atoms with E-state index in [1.165, 1.54) is 6.42 Å². The van der Waals surface area contributed by atoms with Gasteiger partial charge in [-0.1, -0.05) is 13.8 Å². The summed E-state index contributed by atoms with van der Waals surface area (Å²) >= 11 is 0. The lowest BCUT2D eigenvalue weighted by molar-refractivity contribution is 0.573. The van der Waals surface area contributed by atoms with Crippen LogP contribution in [0, 0.1) is 11.3 Å². The third-order valence-corrected chi connectivity index (χ3v) is 3.24. The van der Waals surface area contributed by atoms with Gasteiger partial charge < -0.3 is 10.6 Å². The van der Waals surface area contributed by atoms with Crippen LogP contribution in [0.1, 0.15) is 27.2 Å². The van der Waals surface area contributed by atoms with E-state index in [4.69, 9.17) is 0 Å². The minimum atomic E-state index is 0.518. The van der Waals surface area contributed by atoms with Crippen molar-refractivity contribution in [2.75, 3.05) is 23.7 Å². The molecule has 1 aromatic rings. The average molecular weight is 220 g/mol. The highest BCUT2D eigenvalue weighted by Gasteiger charge is 2.44. The van der Waals surface area contributed by atoms with Gasteiger partial charge in [-0.15, -0.1) is 0 Å². The maximum absolute atomic E-state index is 4.38. The molecule has 0 spiro atoms. The number of aromatic nitrogens is 2. The van der Waals surface area contributed by atoms with Crippen LogP contribution in [-0.4, -0.2) is 23.1 Å². The third kappa shape index (κ3) is 2.62. The molecule has 1 unspecified atom stereocenters. The zero-order chi connectivity index (χ0) is 11.6. The molecule has 4 heteroatoms. The van der Waals surface area contributed by atoms with Crippen LogP contribution in [-0.2, 0) is 0 Å². The average Bonchev–Trinajstić information content (AvgIpc) is 2.85. The molecule has 0 radical (unpaired) electrons. The van der Waals surface area contributed by atoms with E-state index in [2.05, 4.69) is 34.4 Å². The van der Waals surface area contributed by atoms with Crippen LogP contribution < -0.4 is 10.6 Å². The molecule has 1 saturated carbocycles. The Balaban J connectivity index is 1.87. The highest BCUT2D eigenvalue weighted by atomic mass is 15.1. The normalized spacial score (nSPS) is 21.6. The Hall–Kier alpha value is -1.32. The van der Waals surface area contributed by atoms with Crippen molar-refractivity contribution >= 4 is 11.8 Å².